The SMILES string of the molecule is C/C(=N/NC(=O)c1ccc(N(Cc2ccccc2Cl)S(C)(=O)=O)cc1)c1cccc(I)c1. The number of sulfonamides is 1. The molecule has 6 nitrogen and oxygen atoms in total. The number of nitrogens with zero attached hydrogens (tertiary/aromatic N) is 2. The summed E-state index contributed by atoms with van der Waals surface area (Å²) in [6.45, 7) is 1.90. The summed E-state index contributed by atoms with van der Waals surface area (Å²) in [6, 6.07) is 21.2. The molecule has 0 heterocycles. The topological polar surface area (TPSA) is 78.8 Å². The Bertz CT molecular complexity index is 1260. The van der Waals surface area contributed by atoms with Crippen molar-refractivity contribution in [2.24, 2.45) is 5.10 Å². The van der Waals surface area contributed by atoms with Crippen LogP contribution >= 0.6 is 34.2 Å². The first-order valence-electron chi connectivity index (χ1n) is 9.57. The van der Waals surface area contributed by atoms with Gasteiger partial charge in [-0.1, -0.05) is 41.9 Å². The summed E-state index contributed by atoms with van der Waals surface area (Å²) in [5.74, 6) is -0.390. The number of rotatable bonds is 7. The van der Waals surface area contributed by atoms with Crippen LogP contribution in [-0.4, -0.2) is 26.3 Å². The lowest BCUT2D eigenvalue weighted by Crippen LogP contribution is -2.29. The predicted molar refractivity (Wildman–Crippen MR) is 138 cm³/mol. The van der Waals surface area contributed by atoms with Crippen LogP contribution in [0.15, 0.2) is 77.9 Å². The highest BCUT2D eigenvalue weighted by molar-refractivity contribution is 14.1. The molecule has 0 aromatic heterocycles. The number of hydrazone groups is 1. The number of hydrogen-bond donors (Lipinski definition) is 1. The predicted octanol–water partition coefficient (Wildman–Crippen LogP) is 5.06. The molecule has 9 heteroatoms. The summed E-state index contributed by atoms with van der Waals surface area (Å²) in [5, 5.41) is 4.65. The molecule has 0 saturated carbocycles. The monoisotopic (exact) mass is 581 g/mol. The van der Waals surface area contributed by atoms with Crippen molar-refractivity contribution >= 4 is 61.5 Å². The van der Waals surface area contributed by atoms with Crippen molar-refractivity contribution in [1.29, 1.82) is 0 Å². The fourth-order valence-corrected chi connectivity index (χ4v) is 4.55. The molecule has 0 bridgehead atoms. The van der Waals surface area contributed by atoms with Crippen molar-refractivity contribution in [2.45, 2.75) is 13.5 Å². The number of halogens is 2. The van der Waals surface area contributed by atoms with Gasteiger partial charge in [0.2, 0.25) is 10.0 Å². The molecule has 0 aliphatic rings. The van der Waals surface area contributed by atoms with Crippen molar-refractivity contribution in [3.05, 3.63) is 98.1 Å². The van der Waals surface area contributed by atoms with E-state index in [4.69, 9.17) is 11.6 Å². The average molecular weight is 582 g/mol. The van der Waals surface area contributed by atoms with Crippen LogP contribution in [-0.2, 0) is 16.6 Å². The van der Waals surface area contributed by atoms with E-state index in [1.54, 1.807) is 48.5 Å². The van der Waals surface area contributed by atoms with E-state index in [0.717, 1.165) is 15.4 Å². The third-order valence-corrected chi connectivity index (χ3v) is 6.84. The van der Waals surface area contributed by atoms with E-state index in [1.807, 2.05) is 31.2 Å². The zero-order valence-corrected chi connectivity index (χ0v) is 21.1. The molecule has 3 rings (SSSR count). The summed E-state index contributed by atoms with van der Waals surface area (Å²) < 4.78 is 27.1. The molecule has 0 fully saturated rings. The van der Waals surface area contributed by atoms with Gasteiger partial charge in [-0.2, -0.15) is 5.10 Å². The average Bonchev–Trinajstić information content (AvgIpc) is 2.76. The van der Waals surface area contributed by atoms with Crippen molar-refractivity contribution in [3.8, 4) is 0 Å². The fraction of sp³-hybridized carbons (Fsp3) is 0.130. The molecule has 0 aliphatic carbocycles. The fourth-order valence-electron chi connectivity index (χ4n) is 2.94. The number of nitrogens with one attached hydrogen (secondary N) is 1. The van der Waals surface area contributed by atoms with Gasteiger partial charge in [-0.25, -0.2) is 13.8 Å². The second kappa shape index (κ2) is 10.5. The lowest BCUT2D eigenvalue weighted by Gasteiger charge is -2.23. The Kier molecular flexibility index (Phi) is 7.91. The van der Waals surface area contributed by atoms with Crippen molar-refractivity contribution in [2.75, 3.05) is 10.6 Å². The van der Waals surface area contributed by atoms with Gasteiger partial charge in [0, 0.05) is 14.2 Å². The molecule has 32 heavy (non-hydrogen) atoms. The second-order valence-corrected chi connectivity index (χ2v) is 10.6. The molecule has 0 atom stereocenters. The minimum Gasteiger partial charge on any atom is -0.267 e. The zero-order valence-electron chi connectivity index (χ0n) is 17.4. The molecule has 0 saturated heterocycles. The minimum atomic E-state index is -3.57. The number of carbonyl (C=O) groups is 1. The Morgan fingerprint density at radius 3 is 2.34 bits per heavy atom. The Hall–Kier alpha value is -2.43. The van der Waals surface area contributed by atoms with E-state index in [2.05, 4.69) is 33.1 Å². The lowest BCUT2D eigenvalue weighted by molar-refractivity contribution is 0.0955. The van der Waals surface area contributed by atoms with Gasteiger partial charge in [-0.15, -0.1) is 0 Å². The van der Waals surface area contributed by atoms with Crippen LogP contribution in [0.2, 0.25) is 5.02 Å². The van der Waals surface area contributed by atoms with Crippen LogP contribution in [0, 0.1) is 3.57 Å². The first kappa shape index (κ1) is 24.2. The number of amides is 1. The number of benzene rings is 3. The smallest absolute Gasteiger partial charge is 0.267 e. The zero-order chi connectivity index (χ0) is 23.3. The Balaban J connectivity index is 1.76. The number of hydrogen-bond acceptors (Lipinski definition) is 4. The van der Waals surface area contributed by atoms with E-state index in [-0.39, 0.29) is 6.54 Å². The molecule has 166 valence electrons. The molecule has 1 amide bonds. The number of carbonyl (C=O) groups excluding carboxylic acids is 1. The van der Waals surface area contributed by atoms with Gasteiger partial charge < -0.3 is 0 Å². The summed E-state index contributed by atoms with van der Waals surface area (Å²) >= 11 is 8.41. The summed E-state index contributed by atoms with van der Waals surface area (Å²) in [5.41, 5.74) is 5.61. The Morgan fingerprint density at radius 1 is 1.03 bits per heavy atom. The minimum absolute atomic E-state index is 0.0867. The van der Waals surface area contributed by atoms with Crippen LogP contribution in [0.25, 0.3) is 0 Å². The third kappa shape index (κ3) is 6.30. The van der Waals surface area contributed by atoms with Crippen molar-refractivity contribution < 1.29 is 13.2 Å². The highest BCUT2D eigenvalue weighted by Gasteiger charge is 2.19. The molecular weight excluding hydrogens is 561 g/mol. The van der Waals surface area contributed by atoms with Gasteiger partial charge in [0.25, 0.3) is 5.91 Å². The normalized spacial score (nSPS) is 11.8. The molecule has 0 spiro atoms. The van der Waals surface area contributed by atoms with Crippen LogP contribution in [0.1, 0.15) is 28.4 Å². The van der Waals surface area contributed by atoms with Gasteiger partial charge >= 0.3 is 0 Å². The van der Waals surface area contributed by atoms with Crippen molar-refractivity contribution in [1.82, 2.24) is 5.43 Å². The second-order valence-electron chi connectivity index (χ2n) is 7.06. The molecule has 0 radical (unpaired) electrons. The van der Waals surface area contributed by atoms with Crippen LogP contribution in [0.4, 0.5) is 5.69 Å². The van der Waals surface area contributed by atoms with Gasteiger partial charge in [0.05, 0.1) is 24.2 Å². The van der Waals surface area contributed by atoms with Crippen LogP contribution < -0.4 is 9.73 Å². The molecule has 3 aromatic carbocycles. The van der Waals surface area contributed by atoms with Gasteiger partial charge in [-0.3, -0.25) is 9.10 Å². The van der Waals surface area contributed by atoms with Gasteiger partial charge in [0.1, 0.15) is 0 Å². The lowest BCUT2D eigenvalue weighted by atomic mass is 10.1. The van der Waals surface area contributed by atoms with Crippen LogP contribution in [0.3, 0.4) is 0 Å². The summed E-state index contributed by atoms with van der Waals surface area (Å²) in [4.78, 5) is 12.5. The molecule has 1 N–H and O–H groups in total. The molecule has 0 aliphatic heterocycles. The highest BCUT2D eigenvalue weighted by Crippen LogP contribution is 2.24. The maximum Gasteiger partial charge on any atom is 0.271 e. The van der Waals surface area contributed by atoms with E-state index >= 15 is 0 Å². The Morgan fingerprint density at radius 2 is 1.72 bits per heavy atom. The maximum atomic E-state index is 12.5. The first-order chi connectivity index (χ1) is 15.1. The Labute approximate surface area is 206 Å². The van der Waals surface area contributed by atoms with Crippen molar-refractivity contribution in [3.63, 3.8) is 0 Å². The standard InChI is InChI=1S/C23H21ClIN3O3S/c1-16(18-7-5-8-20(25)14-18)26-27-23(29)17-10-12-21(13-11-17)28(32(2,30)31)15-19-6-3-4-9-22(19)24/h3-14H,15H2,1-2H3,(H,27,29)/b26-16-. The van der Waals surface area contributed by atoms with E-state index in [0.29, 0.717) is 27.5 Å². The highest BCUT2D eigenvalue weighted by atomic mass is 127. The quantitative estimate of drug-likeness (QED) is 0.241. The summed E-state index contributed by atoms with van der Waals surface area (Å²) in [7, 11) is -3.57. The molecular formula is C23H21ClIN3O3S. The van der Waals surface area contributed by atoms with Crippen LogP contribution in [0.5, 0.6) is 0 Å². The summed E-state index contributed by atoms with van der Waals surface area (Å²) in [6.07, 6.45) is 1.13. The maximum absolute atomic E-state index is 12.5. The van der Waals surface area contributed by atoms with Gasteiger partial charge in [-0.05, 0) is 83.1 Å². The largest absolute Gasteiger partial charge is 0.271 e. The van der Waals surface area contributed by atoms with E-state index in [1.165, 1.54) is 4.31 Å². The van der Waals surface area contributed by atoms with E-state index in [9.17, 15) is 13.2 Å². The number of anilines is 1. The van der Waals surface area contributed by atoms with E-state index < -0.39 is 15.9 Å². The van der Waals surface area contributed by atoms with Gasteiger partial charge in [0.15, 0.2) is 0 Å². The molecule has 0 unspecified atom stereocenters. The third-order valence-electron chi connectivity index (χ3n) is 4.66. The molecule has 3 aromatic rings. The first-order valence-corrected chi connectivity index (χ1v) is 12.9.